The van der Waals surface area contributed by atoms with E-state index in [1.165, 1.54) is 42.5 Å². The van der Waals surface area contributed by atoms with Gasteiger partial charge in [-0.15, -0.1) is 22.5 Å². The largest absolute Gasteiger partial charge is 2.00 e. The van der Waals surface area contributed by atoms with Gasteiger partial charge >= 0.3 is 21.1 Å². The van der Waals surface area contributed by atoms with Gasteiger partial charge < -0.3 is 0 Å². The molecule has 0 spiro atoms. The molecule has 1 aliphatic heterocycles. The molecule has 1 aliphatic rings. The number of fused-ring (bicyclic) bond motifs is 3. The number of benzene rings is 2. The Balaban J connectivity index is 0.00000274. The van der Waals surface area contributed by atoms with Gasteiger partial charge in [0.2, 0.25) is 0 Å². The summed E-state index contributed by atoms with van der Waals surface area (Å²) in [6, 6.07) is 29.8. The third kappa shape index (κ3) is 3.97. The molecule has 0 saturated carbocycles. The molecule has 5 rings (SSSR count). The van der Waals surface area contributed by atoms with Gasteiger partial charge in [0.05, 0.1) is 0 Å². The summed E-state index contributed by atoms with van der Waals surface area (Å²) in [5.74, 6) is 0. The molecule has 2 aromatic heterocycles. The van der Waals surface area contributed by atoms with E-state index in [1.807, 2.05) is 24.5 Å². The Morgan fingerprint density at radius 3 is 1.38 bits per heavy atom. The predicted octanol–water partition coefficient (Wildman–Crippen LogP) is 2.52. The molecule has 174 valence electrons. The summed E-state index contributed by atoms with van der Waals surface area (Å²) in [7, 11) is -5.64. The van der Waals surface area contributed by atoms with E-state index in [2.05, 4.69) is 99.9 Å². The van der Waals surface area contributed by atoms with Crippen molar-refractivity contribution in [2.45, 2.75) is 39.3 Å². The molecular weight excluding hydrogens is 644 g/mol. The molecule has 0 amide bonds. The Morgan fingerprint density at radius 1 is 0.618 bits per heavy atom. The van der Waals surface area contributed by atoms with Crippen LogP contribution in [-0.4, -0.2) is 34.2 Å². The fourth-order valence-electron chi connectivity index (χ4n) is 5.04. The smallest absolute Gasteiger partial charge is 0.266 e. The van der Waals surface area contributed by atoms with Gasteiger partial charge in [0, 0.05) is 23.0 Å². The Bertz CT molecular complexity index is 1230. The number of nitrogens with zero attached hydrogens (tertiary/aromatic N) is 2. The van der Waals surface area contributed by atoms with Gasteiger partial charge in [-0.3, -0.25) is 9.97 Å². The monoisotopic (exact) mass is 673 g/mol. The fraction of sp³-hybridized carbons (Fsp3) is 0.214. The van der Waals surface area contributed by atoms with E-state index >= 15 is 0 Å². The molecule has 3 heterocycles. The van der Waals surface area contributed by atoms with E-state index in [1.54, 1.807) is 0 Å². The minimum absolute atomic E-state index is 0. The molecule has 2 nitrogen and oxygen atoms in total. The molecule has 0 fully saturated rings. The van der Waals surface area contributed by atoms with Crippen LogP contribution in [0.4, 0.5) is 0 Å². The summed E-state index contributed by atoms with van der Waals surface area (Å²) < 4.78 is 0. The van der Waals surface area contributed by atoms with Crippen LogP contribution in [0.15, 0.2) is 73.1 Å². The van der Waals surface area contributed by atoms with Crippen molar-refractivity contribution in [1.82, 2.24) is 9.97 Å². The van der Waals surface area contributed by atoms with Crippen LogP contribution >= 0.6 is 0 Å². The van der Waals surface area contributed by atoms with Gasteiger partial charge in [-0.1, -0.05) is 51.4 Å². The van der Waals surface area contributed by atoms with E-state index < -0.39 is 24.2 Å². The molecular formula is C28H30N2PtSi3. The number of aromatic nitrogens is 2. The normalized spacial score (nSPS) is 14.2. The zero-order chi connectivity index (χ0) is 23.4. The topological polar surface area (TPSA) is 25.8 Å². The van der Waals surface area contributed by atoms with E-state index in [-0.39, 0.29) is 21.1 Å². The van der Waals surface area contributed by atoms with Gasteiger partial charge in [-0.05, 0) is 32.3 Å². The van der Waals surface area contributed by atoms with Crippen LogP contribution in [0.5, 0.6) is 0 Å². The molecule has 0 radical (unpaired) electrons. The second-order valence-electron chi connectivity index (χ2n) is 10.6. The van der Waals surface area contributed by atoms with E-state index in [4.69, 9.17) is 9.97 Å². The number of hydrogen-bond donors (Lipinski definition) is 0. The molecule has 0 N–H and O–H groups in total. The van der Waals surface area contributed by atoms with Crippen molar-refractivity contribution in [3.05, 3.63) is 85.2 Å². The minimum atomic E-state index is -1.94. The second kappa shape index (κ2) is 8.94. The van der Waals surface area contributed by atoms with E-state index in [0.29, 0.717) is 0 Å². The Hall–Kier alpha value is -1.92. The Kier molecular flexibility index (Phi) is 6.62. The van der Waals surface area contributed by atoms with Crippen LogP contribution in [0.2, 0.25) is 39.3 Å². The minimum Gasteiger partial charge on any atom is -0.266 e. The van der Waals surface area contributed by atoms with E-state index in [0.717, 1.165) is 0 Å². The zero-order valence-electron chi connectivity index (χ0n) is 20.6. The summed E-state index contributed by atoms with van der Waals surface area (Å²) >= 11 is 0. The van der Waals surface area contributed by atoms with Crippen molar-refractivity contribution >= 4 is 55.6 Å². The second-order valence-corrected chi connectivity index (χ2v) is 23.6. The van der Waals surface area contributed by atoms with Crippen molar-refractivity contribution in [2.24, 2.45) is 0 Å². The van der Waals surface area contributed by atoms with Gasteiger partial charge in [0.25, 0.3) is 0 Å². The van der Waals surface area contributed by atoms with Gasteiger partial charge in [-0.25, -0.2) is 11.1 Å². The van der Waals surface area contributed by atoms with Gasteiger partial charge in [-0.2, -0.15) is 34.6 Å². The Labute approximate surface area is 221 Å². The summed E-state index contributed by atoms with van der Waals surface area (Å²) in [4.78, 5) is 9.43. The van der Waals surface area contributed by atoms with Crippen molar-refractivity contribution in [3.63, 3.8) is 0 Å². The number of hydrogen-bond acceptors (Lipinski definition) is 2. The van der Waals surface area contributed by atoms with Crippen LogP contribution in [0, 0.1) is 12.1 Å². The first kappa shape index (κ1) is 25.2. The molecule has 0 bridgehead atoms. The third-order valence-corrected chi connectivity index (χ3v) is 17.4. The quantitative estimate of drug-likeness (QED) is 0.246. The fourth-order valence-corrected chi connectivity index (χ4v) is 12.2. The predicted molar refractivity (Wildman–Crippen MR) is 148 cm³/mol. The molecule has 6 heteroatoms. The van der Waals surface area contributed by atoms with Crippen LogP contribution in [0.3, 0.4) is 0 Å². The molecule has 0 saturated heterocycles. The average Bonchev–Trinajstić information content (AvgIpc) is 3.06. The molecule has 4 aromatic rings. The summed E-state index contributed by atoms with van der Waals surface area (Å²) in [6.45, 7) is 14.4. The van der Waals surface area contributed by atoms with Gasteiger partial charge in [0.1, 0.15) is 16.1 Å². The average molecular weight is 674 g/mol. The van der Waals surface area contributed by atoms with Crippen LogP contribution in [0.25, 0.3) is 11.1 Å². The molecule has 34 heavy (non-hydrogen) atoms. The molecule has 0 atom stereocenters. The summed E-state index contributed by atoms with van der Waals surface area (Å²) in [5, 5.41) is 8.01. The molecule has 0 aliphatic carbocycles. The first-order valence-corrected chi connectivity index (χ1v) is 20.6. The SMILES string of the molecule is C[Si](C)(c1[c-]c2c(cc1)[Si](C)(C)c1ccc([Si](C)(C)c3ccccn3)[c-]c1-2)c1ccccn1.[Pt+2]. The third-order valence-electron chi connectivity index (χ3n) is 7.45. The van der Waals surface area contributed by atoms with Crippen LogP contribution < -0.4 is 31.4 Å². The standard InChI is InChI=1S/C28H30N2Si3.Pt/c1-31(2,27-11-7-9-17-29-27)21-13-15-25-23(19-21)24-20-22(14-16-26(24)33(25,5)6)32(3,4)28-12-8-10-18-30-28;/h7-18H,1-6H3;/q-2;+2. The first-order chi connectivity index (χ1) is 15.6. The summed E-state index contributed by atoms with van der Waals surface area (Å²) in [6.07, 6.45) is 3.82. The number of rotatable bonds is 4. The first-order valence-electron chi connectivity index (χ1n) is 11.6. The van der Waals surface area contributed by atoms with Crippen molar-refractivity contribution in [2.75, 3.05) is 0 Å². The van der Waals surface area contributed by atoms with E-state index in [9.17, 15) is 0 Å². The van der Waals surface area contributed by atoms with Crippen molar-refractivity contribution < 1.29 is 21.1 Å². The molecule has 0 unspecified atom stereocenters. The van der Waals surface area contributed by atoms with Crippen molar-refractivity contribution in [3.8, 4) is 11.1 Å². The Morgan fingerprint density at radius 2 is 1.03 bits per heavy atom. The van der Waals surface area contributed by atoms with Crippen molar-refractivity contribution in [1.29, 1.82) is 0 Å². The maximum absolute atomic E-state index is 4.71. The summed E-state index contributed by atoms with van der Waals surface area (Å²) in [5.41, 5.74) is 2.56. The van der Waals surface area contributed by atoms with Crippen LogP contribution in [-0.2, 0) is 21.1 Å². The number of pyridine rings is 2. The maximum Gasteiger partial charge on any atom is 2.00 e. The zero-order valence-corrected chi connectivity index (χ0v) is 25.9. The molecule has 2 aromatic carbocycles. The maximum atomic E-state index is 4.71. The van der Waals surface area contributed by atoms with Gasteiger partial charge in [0.15, 0.2) is 0 Å². The van der Waals surface area contributed by atoms with Crippen LogP contribution in [0.1, 0.15) is 0 Å².